The molecule has 1 aromatic heterocycles. The van der Waals surface area contributed by atoms with Crippen molar-refractivity contribution in [3.8, 4) is 0 Å². The molecule has 1 heterocycles. The molecule has 0 aliphatic rings. The van der Waals surface area contributed by atoms with Crippen LogP contribution in [0.25, 0.3) is 0 Å². The van der Waals surface area contributed by atoms with E-state index < -0.39 is 6.10 Å². The van der Waals surface area contributed by atoms with Crippen molar-refractivity contribution < 1.29 is 5.11 Å². The minimum atomic E-state index is -0.414. The minimum Gasteiger partial charge on any atom is -0.392 e. The molecular weight excluding hydrogens is 248 g/mol. The van der Waals surface area contributed by atoms with Crippen molar-refractivity contribution >= 4 is 27.7 Å². The molecule has 3 N–H and O–H groups in total. The van der Waals surface area contributed by atoms with E-state index in [1.165, 1.54) is 0 Å². The number of anilines is 2. The quantitative estimate of drug-likeness (QED) is 0.835. The SMILES string of the molecule is CC(O)CN(C)c1nc(N)ncc1Br. The Morgan fingerprint density at radius 2 is 2.36 bits per heavy atom. The number of aromatic nitrogens is 2. The molecule has 1 aromatic rings. The zero-order valence-corrected chi connectivity index (χ0v) is 9.69. The number of hydrogen-bond donors (Lipinski definition) is 2. The first-order valence-corrected chi connectivity index (χ1v) is 4.97. The molecular formula is C8H13BrN4O. The monoisotopic (exact) mass is 260 g/mol. The molecule has 0 aliphatic heterocycles. The van der Waals surface area contributed by atoms with Gasteiger partial charge in [0, 0.05) is 19.8 Å². The van der Waals surface area contributed by atoms with Crippen LogP contribution in [0.4, 0.5) is 11.8 Å². The normalized spacial score (nSPS) is 12.6. The number of aliphatic hydroxyl groups excluding tert-OH is 1. The lowest BCUT2D eigenvalue weighted by Crippen LogP contribution is -2.28. The zero-order valence-electron chi connectivity index (χ0n) is 8.11. The lowest BCUT2D eigenvalue weighted by molar-refractivity contribution is 0.201. The van der Waals surface area contributed by atoms with Crippen LogP contribution >= 0.6 is 15.9 Å². The molecule has 0 spiro atoms. The largest absolute Gasteiger partial charge is 0.392 e. The number of rotatable bonds is 3. The summed E-state index contributed by atoms with van der Waals surface area (Å²) >= 11 is 3.32. The van der Waals surface area contributed by atoms with Crippen LogP contribution in [0.3, 0.4) is 0 Å². The molecule has 5 nitrogen and oxygen atoms in total. The average Bonchev–Trinajstić information content (AvgIpc) is 2.08. The van der Waals surface area contributed by atoms with Crippen molar-refractivity contribution in [3.05, 3.63) is 10.7 Å². The maximum absolute atomic E-state index is 9.21. The Balaban J connectivity index is 2.88. The Morgan fingerprint density at radius 1 is 1.71 bits per heavy atom. The summed E-state index contributed by atoms with van der Waals surface area (Å²) in [5.41, 5.74) is 5.46. The van der Waals surface area contributed by atoms with E-state index in [0.717, 1.165) is 4.47 Å². The highest BCUT2D eigenvalue weighted by atomic mass is 79.9. The lowest BCUT2D eigenvalue weighted by atomic mass is 10.4. The van der Waals surface area contributed by atoms with Gasteiger partial charge in [-0.3, -0.25) is 0 Å². The number of nitrogens with zero attached hydrogens (tertiary/aromatic N) is 3. The summed E-state index contributed by atoms with van der Waals surface area (Å²) in [6.07, 6.45) is 1.18. The fraction of sp³-hybridized carbons (Fsp3) is 0.500. The molecule has 14 heavy (non-hydrogen) atoms. The van der Waals surface area contributed by atoms with E-state index in [1.54, 1.807) is 13.1 Å². The number of hydrogen-bond acceptors (Lipinski definition) is 5. The molecule has 0 amide bonds. The second-order valence-electron chi connectivity index (χ2n) is 3.13. The number of nitrogens with two attached hydrogens (primary N) is 1. The molecule has 0 radical (unpaired) electrons. The van der Waals surface area contributed by atoms with Crippen molar-refractivity contribution in [2.75, 3.05) is 24.2 Å². The summed E-state index contributed by atoms with van der Waals surface area (Å²) in [6.45, 7) is 2.21. The molecule has 0 aromatic carbocycles. The summed E-state index contributed by atoms with van der Waals surface area (Å²) < 4.78 is 0.759. The maximum atomic E-state index is 9.21. The van der Waals surface area contributed by atoms with E-state index in [9.17, 15) is 5.11 Å². The number of aliphatic hydroxyl groups is 1. The van der Waals surface area contributed by atoms with Crippen LogP contribution in [0.2, 0.25) is 0 Å². The van der Waals surface area contributed by atoms with E-state index in [4.69, 9.17) is 5.73 Å². The van der Waals surface area contributed by atoms with Crippen molar-refractivity contribution in [2.45, 2.75) is 13.0 Å². The number of halogens is 1. The zero-order chi connectivity index (χ0) is 10.7. The van der Waals surface area contributed by atoms with Gasteiger partial charge in [-0.1, -0.05) is 0 Å². The Morgan fingerprint density at radius 3 is 2.93 bits per heavy atom. The molecule has 1 rings (SSSR count). The Kier molecular flexibility index (Phi) is 3.65. The molecule has 78 valence electrons. The third-order valence-corrected chi connectivity index (χ3v) is 2.20. The first-order valence-electron chi connectivity index (χ1n) is 4.18. The van der Waals surface area contributed by atoms with E-state index in [1.807, 2.05) is 11.9 Å². The smallest absolute Gasteiger partial charge is 0.222 e. The van der Waals surface area contributed by atoms with Gasteiger partial charge in [-0.05, 0) is 22.9 Å². The van der Waals surface area contributed by atoms with Crippen LogP contribution in [-0.4, -0.2) is 34.8 Å². The fourth-order valence-electron chi connectivity index (χ4n) is 1.12. The molecule has 0 aliphatic carbocycles. The van der Waals surface area contributed by atoms with Crippen molar-refractivity contribution in [1.82, 2.24) is 9.97 Å². The maximum Gasteiger partial charge on any atom is 0.222 e. The van der Waals surface area contributed by atoms with Gasteiger partial charge >= 0.3 is 0 Å². The van der Waals surface area contributed by atoms with Crippen LogP contribution in [0.5, 0.6) is 0 Å². The van der Waals surface area contributed by atoms with Gasteiger partial charge in [-0.2, -0.15) is 4.98 Å². The molecule has 0 fully saturated rings. The predicted octanol–water partition coefficient (Wildman–Crippen LogP) is 0.638. The van der Waals surface area contributed by atoms with Crippen molar-refractivity contribution in [2.24, 2.45) is 0 Å². The third-order valence-electron chi connectivity index (χ3n) is 1.64. The Labute approximate surface area is 91.1 Å². The summed E-state index contributed by atoms with van der Waals surface area (Å²) in [4.78, 5) is 9.70. The third kappa shape index (κ3) is 2.81. The Bertz CT molecular complexity index is 318. The lowest BCUT2D eigenvalue weighted by Gasteiger charge is -2.20. The highest BCUT2D eigenvalue weighted by molar-refractivity contribution is 9.10. The van der Waals surface area contributed by atoms with E-state index >= 15 is 0 Å². The second-order valence-corrected chi connectivity index (χ2v) is 3.98. The van der Waals surface area contributed by atoms with Gasteiger partial charge in [0.25, 0.3) is 0 Å². The predicted molar refractivity (Wildman–Crippen MR) is 59.1 cm³/mol. The van der Waals surface area contributed by atoms with Crippen LogP contribution in [0, 0.1) is 0 Å². The molecule has 0 saturated carbocycles. The van der Waals surface area contributed by atoms with Crippen LogP contribution < -0.4 is 10.6 Å². The van der Waals surface area contributed by atoms with Crippen LogP contribution in [0.1, 0.15) is 6.92 Å². The summed E-state index contributed by atoms with van der Waals surface area (Å²) in [6, 6.07) is 0. The van der Waals surface area contributed by atoms with Gasteiger partial charge in [0.05, 0.1) is 10.6 Å². The fourth-order valence-corrected chi connectivity index (χ4v) is 1.62. The average molecular weight is 261 g/mol. The van der Waals surface area contributed by atoms with E-state index in [-0.39, 0.29) is 5.95 Å². The van der Waals surface area contributed by atoms with Crippen LogP contribution in [-0.2, 0) is 0 Å². The minimum absolute atomic E-state index is 0.223. The molecule has 0 saturated heterocycles. The summed E-state index contributed by atoms with van der Waals surface area (Å²) in [5.74, 6) is 0.902. The van der Waals surface area contributed by atoms with Crippen LogP contribution in [0.15, 0.2) is 10.7 Å². The standard InChI is InChI=1S/C8H13BrN4O/c1-5(14)4-13(2)7-6(9)3-11-8(10)12-7/h3,5,14H,4H2,1-2H3,(H2,10,11,12). The summed E-state index contributed by atoms with van der Waals surface area (Å²) in [7, 11) is 1.83. The van der Waals surface area contributed by atoms with E-state index in [0.29, 0.717) is 12.4 Å². The van der Waals surface area contributed by atoms with Gasteiger partial charge < -0.3 is 15.7 Å². The first kappa shape index (κ1) is 11.2. The van der Waals surface area contributed by atoms with Crippen molar-refractivity contribution in [1.29, 1.82) is 0 Å². The van der Waals surface area contributed by atoms with Gasteiger partial charge in [0.2, 0.25) is 5.95 Å². The highest BCUT2D eigenvalue weighted by Crippen LogP contribution is 2.22. The first-order chi connectivity index (χ1) is 6.50. The van der Waals surface area contributed by atoms with Gasteiger partial charge in [0.1, 0.15) is 5.82 Å². The molecule has 0 bridgehead atoms. The van der Waals surface area contributed by atoms with Gasteiger partial charge in [-0.15, -0.1) is 0 Å². The number of nitrogen functional groups attached to an aromatic ring is 1. The second kappa shape index (κ2) is 4.56. The summed E-state index contributed by atoms with van der Waals surface area (Å²) in [5, 5.41) is 9.21. The van der Waals surface area contributed by atoms with Crippen molar-refractivity contribution in [3.63, 3.8) is 0 Å². The molecule has 1 atom stereocenters. The highest BCUT2D eigenvalue weighted by Gasteiger charge is 2.10. The number of likely N-dealkylation sites (N-methyl/N-ethyl adjacent to an activating group) is 1. The Hall–Kier alpha value is -0.880. The molecule has 6 heteroatoms. The van der Waals surface area contributed by atoms with Gasteiger partial charge in [0.15, 0.2) is 0 Å². The van der Waals surface area contributed by atoms with E-state index in [2.05, 4.69) is 25.9 Å². The topological polar surface area (TPSA) is 75.3 Å². The van der Waals surface area contributed by atoms with Gasteiger partial charge in [-0.25, -0.2) is 4.98 Å². The molecule has 1 unspecified atom stereocenters.